The minimum Gasteiger partial charge on any atom is -0.317 e. The Balaban J connectivity index is 1.15. The fraction of sp³-hybridized carbons (Fsp3) is 0. The van der Waals surface area contributed by atoms with Crippen LogP contribution in [0.3, 0.4) is 0 Å². The third kappa shape index (κ3) is 4.41. The molecule has 0 spiro atoms. The molecule has 11 rings (SSSR count). The largest absolute Gasteiger partial charge is 0.317 e. The lowest BCUT2D eigenvalue weighted by molar-refractivity contribution is 1.07. The van der Waals surface area contributed by atoms with Crippen LogP contribution in [-0.4, -0.2) is 23.9 Å². The van der Waals surface area contributed by atoms with Crippen molar-refractivity contribution in [3.8, 4) is 39.8 Å². The number of hydrogen-bond donors (Lipinski definition) is 0. The Hall–Kier alpha value is -6.76. The van der Waals surface area contributed by atoms with Gasteiger partial charge in [-0.3, -0.25) is 4.57 Å². The number of benzene rings is 7. The summed E-state index contributed by atoms with van der Waals surface area (Å²) in [4.78, 5) is 0. The molecule has 0 saturated carbocycles. The summed E-state index contributed by atoms with van der Waals surface area (Å²) in [5.41, 5.74) is 8.85. The lowest BCUT2D eigenvalue weighted by Gasteiger charge is -2.13. The van der Waals surface area contributed by atoms with Crippen LogP contribution in [0.25, 0.3) is 92.7 Å². The molecule has 0 amide bonds. The van der Waals surface area contributed by atoms with Crippen molar-refractivity contribution in [3.05, 3.63) is 176 Å². The number of para-hydroxylation sites is 1. The standard InChI is InChI=1S/C46H29N5S/c1-4-12-30(13-5-1)45-47-48-46(31-14-6-2-7-15-31)51(45)35-22-20-34(21-23-35)50-41-26-32-24-25-49(33-16-8-3-9-17-33)40(32)27-37(41)38-29-44-39(28-42(38)50)36-18-10-11-19-43(36)52-44/h1-29H. The molecule has 4 heterocycles. The highest BCUT2D eigenvalue weighted by Gasteiger charge is 2.20. The van der Waals surface area contributed by atoms with E-state index in [4.69, 9.17) is 10.2 Å². The van der Waals surface area contributed by atoms with E-state index >= 15 is 0 Å². The van der Waals surface area contributed by atoms with Crippen molar-refractivity contribution >= 4 is 64.2 Å². The first-order valence-corrected chi connectivity index (χ1v) is 18.2. The third-order valence-corrected chi connectivity index (χ3v) is 11.3. The van der Waals surface area contributed by atoms with E-state index in [9.17, 15) is 0 Å². The van der Waals surface area contributed by atoms with Crippen LogP contribution >= 0.6 is 11.3 Å². The summed E-state index contributed by atoms with van der Waals surface area (Å²) in [6.45, 7) is 0. The Morgan fingerprint density at radius 1 is 0.385 bits per heavy atom. The summed E-state index contributed by atoms with van der Waals surface area (Å²) in [5, 5.41) is 15.7. The molecule has 0 aliphatic heterocycles. The maximum atomic E-state index is 4.70. The second kappa shape index (κ2) is 11.4. The van der Waals surface area contributed by atoms with Crippen molar-refractivity contribution in [3.63, 3.8) is 0 Å². The molecule has 7 aromatic carbocycles. The van der Waals surface area contributed by atoms with Gasteiger partial charge in [0.1, 0.15) is 0 Å². The Morgan fingerprint density at radius 2 is 0.942 bits per heavy atom. The molecule has 244 valence electrons. The molecule has 0 radical (unpaired) electrons. The van der Waals surface area contributed by atoms with Gasteiger partial charge in [0.15, 0.2) is 11.6 Å². The average molecular weight is 684 g/mol. The maximum absolute atomic E-state index is 4.70. The van der Waals surface area contributed by atoms with Crippen LogP contribution in [0.15, 0.2) is 176 Å². The van der Waals surface area contributed by atoms with Gasteiger partial charge in [-0.1, -0.05) is 97.1 Å². The van der Waals surface area contributed by atoms with Crippen molar-refractivity contribution in [2.75, 3.05) is 0 Å². The normalized spacial score (nSPS) is 11.8. The van der Waals surface area contributed by atoms with Crippen molar-refractivity contribution in [2.45, 2.75) is 0 Å². The summed E-state index contributed by atoms with van der Waals surface area (Å²) in [6.07, 6.45) is 2.18. The zero-order valence-electron chi connectivity index (χ0n) is 27.9. The van der Waals surface area contributed by atoms with Crippen LogP contribution in [0.2, 0.25) is 0 Å². The van der Waals surface area contributed by atoms with Gasteiger partial charge >= 0.3 is 0 Å². The highest BCUT2D eigenvalue weighted by Crippen LogP contribution is 2.42. The van der Waals surface area contributed by atoms with E-state index in [1.807, 2.05) is 47.7 Å². The number of nitrogens with zero attached hydrogens (tertiary/aromatic N) is 5. The number of rotatable bonds is 5. The fourth-order valence-electron chi connectivity index (χ4n) is 7.78. The Bertz CT molecular complexity index is 3040. The summed E-state index contributed by atoms with van der Waals surface area (Å²) >= 11 is 1.87. The lowest BCUT2D eigenvalue weighted by Crippen LogP contribution is -2.01. The maximum Gasteiger partial charge on any atom is 0.168 e. The van der Waals surface area contributed by atoms with Crippen LogP contribution in [0.1, 0.15) is 0 Å². The number of thiophene rings is 1. The van der Waals surface area contributed by atoms with Gasteiger partial charge in [-0.05, 0) is 72.8 Å². The van der Waals surface area contributed by atoms with Crippen LogP contribution in [0, 0.1) is 0 Å². The Kier molecular flexibility index (Phi) is 6.35. The molecular weight excluding hydrogens is 655 g/mol. The van der Waals surface area contributed by atoms with Gasteiger partial charge in [-0.2, -0.15) is 0 Å². The molecule has 0 aliphatic carbocycles. The van der Waals surface area contributed by atoms with Crippen LogP contribution in [0.5, 0.6) is 0 Å². The minimum absolute atomic E-state index is 0.807. The van der Waals surface area contributed by atoms with Crippen molar-refractivity contribution in [1.29, 1.82) is 0 Å². The predicted octanol–water partition coefficient (Wildman–Crippen LogP) is 12.0. The zero-order valence-corrected chi connectivity index (χ0v) is 28.7. The molecular formula is C46H29N5S. The first kappa shape index (κ1) is 29.0. The smallest absolute Gasteiger partial charge is 0.168 e. The Morgan fingerprint density at radius 3 is 1.63 bits per heavy atom. The van der Waals surface area contributed by atoms with E-state index < -0.39 is 0 Å². The second-order valence-electron chi connectivity index (χ2n) is 13.2. The molecule has 0 saturated heterocycles. The van der Waals surface area contributed by atoms with Gasteiger partial charge in [0, 0.05) is 70.7 Å². The number of hydrogen-bond acceptors (Lipinski definition) is 3. The number of aromatic nitrogens is 5. The van der Waals surface area contributed by atoms with Crippen LogP contribution in [0.4, 0.5) is 0 Å². The van der Waals surface area contributed by atoms with E-state index in [1.54, 1.807) is 0 Å². The van der Waals surface area contributed by atoms with E-state index in [1.165, 1.54) is 52.9 Å². The molecule has 0 N–H and O–H groups in total. The van der Waals surface area contributed by atoms with Crippen LogP contribution in [-0.2, 0) is 0 Å². The molecule has 0 aliphatic rings. The minimum atomic E-state index is 0.807. The first-order chi connectivity index (χ1) is 25.8. The van der Waals surface area contributed by atoms with Gasteiger partial charge in [0.2, 0.25) is 0 Å². The van der Waals surface area contributed by atoms with E-state index in [0.29, 0.717) is 0 Å². The molecule has 5 nitrogen and oxygen atoms in total. The molecule has 0 atom stereocenters. The van der Waals surface area contributed by atoms with E-state index in [2.05, 4.69) is 153 Å². The monoisotopic (exact) mass is 683 g/mol. The van der Waals surface area contributed by atoms with Gasteiger partial charge < -0.3 is 9.13 Å². The van der Waals surface area contributed by atoms with Gasteiger partial charge in [0.25, 0.3) is 0 Å². The molecule has 52 heavy (non-hydrogen) atoms. The fourth-order valence-corrected chi connectivity index (χ4v) is 8.91. The SMILES string of the molecule is c1ccc(-c2nnc(-c3ccccc3)n2-c2ccc(-n3c4cc5ccn(-c6ccccc6)c5cc4c4cc5sc6ccccc6c5cc43)cc2)cc1. The molecule has 0 unspecified atom stereocenters. The highest BCUT2D eigenvalue weighted by atomic mass is 32.1. The highest BCUT2D eigenvalue weighted by molar-refractivity contribution is 7.25. The van der Waals surface area contributed by atoms with Crippen LogP contribution < -0.4 is 0 Å². The topological polar surface area (TPSA) is 40.6 Å². The predicted molar refractivity (Wildman–Crippen MR) is 216 cm³/mol. The van der Waals surface area contributed by atoms with Gasteiger partial charge in [-0.25, -0.2) is 0 Å². The van der Waals surface area contributed by atoms with Crippen molar-refractivity contribution < 1.29 is 0 Å². The summed E-state index contributed by atoms with van der Waals surface area (Å²) in [6, 6.07) is 60.5. The lowest BCUT2D eigenvalue weighted by atomic mass is 10.1. The quantitative estimate of drug-likeness (QED) is 0.181. The molecule has 6 heteroatoms. The summed E-state index contributed by atoms with van der Waals surface area (Å²) < 4.78 is 9.50. The third-order valence-electron chi connectivity index (χ3n) is 10.2. The molecule has 11 aromatic rings. The second-order valence-corrected chi connectivity index (χ2v) is 14.3. The van der Waals surface area contributed by atoms with E-state index in [0.717, 1.165) is 39.8 Å². The summed E-state index contributed by atoms with van der Waals surface area (Å²) in [5.74, 6) is 1.61. The summed E-state index contributed by atoms with van der Waals surface area (Å²) in [7, 11) is 0. The Labute approximate surface area is 302 Å². The zero-order chi connectivity index (χ0) is 34.2. The van der Waals surface area contributed by atoms with Gasteiger partial charge in [0.05, 0.1) is 16.6 Å². The van der Waals surface area contributed by atoms with E-state index in [-0.39, 0.29) is 0 Å². The van der Waals surface area contributed by atoms with Crippen molar-refractivity contribution in [2.24, 2.45) is 0 Å². The average Bonchev–Trinajstić information content (AvgIpc) is 3.99. The molecule has 0 fully saturated rings. The molecule has 4 aromatic heterocycles. The van der Waals surface area contributed by atoms with Crippen molar-refractivity contribution in [1.82, 2.24) is 23.9 Å². The molecule has 0 bridgehead atoms. The number of fused-ring (bicyclic) bond motifs is 7. The van der Waals surface area contributed by atoms with Gasteiger partial charge in [-0.15, -0.1) is 21.5 Å². The first-order valence-electron chi connectivity index (χ1n) is 17.4.